The predicted octanol–water partition coefficient (Wildman–Crippen LogP) is 3.28. The molecule has 0 aromatic heterocycles. The number of nitrogens with zero attached hydrogens (tertiary/aromatic N) is 1. The fourth-order valence-corrected chi connectivity index (χ4v) is 1.88. The van der Waals surface area contributed by atoms with Crippen molar-refractivity contribution in [1.29, 1.82) is 5.26 Å². The van der Waals surface area contributed by atoms with Gasteiger partial charge in [-0.3, -0.25) is 0 Å². The highest BCUT2D eigenvalue weighted by Crippen LogP contribution is 2.25. The number of hydrogen-bond donors (Lipinski definition) is 0. The van der Waals surface area contributed by atoms with Crippen LogP contribution in [-0.4, -0.2) is 25.8 Å². The number of ether oxygens (including phenoxy) is 4. The summed E-state index contributed by atoms with van der Waals surface area (Å²) >= 11 is 0. The highest BCUT2D eigenvalue weighted by Gasteiger charge is 2.09. The molecule has 5 nitrogen and oxygen atoms in total. The molecule has 0 bridgehead atoms. The van der Waals surface area contributed by atoms with E-state index in [0.29, 0.717) is 31.1 Å². The van der Waals surface area contributed by atoms with Crippen LogP contribution in [0.2, 0.25) is 0 Å². The Bertz CT molecular complexity index is 438. The molecular formula is C16H23NO4. The van der Waals surface area contributed by atoms with E-state index in [2.05, 4.69) is 6.07 Å². The van der Waals surface area contributed by atoms with Crippen molar-refractivity contribution < 1.29 is 18.9 Å². The normalized spacial score (nSPS) is 13.3. The first-order valence-corrected chi connectivity index (χ1v) is 7.16. The SMILES string of the molecule is CCOC(C)Oc1cc(CC#N)cc(OC(C)OCC)c1. The summed E-state index contributed by atoms with van der Waals surface area (Å²) in [4.78, 5) is 0. The second-order valence-electron chi connectivity index (χ2n) is 4.43. The van der Waals surface area contributed by atoms with Gasteiger partial charge in [0.15, 0.2) is 12.6 Å². The van der Waals surface area contributed by atoms with Crippen LogP contribution < -0.4 is 9.47 Å². The van der Waals surface area contributed by atoms with Crippen molar-refractivity contribution in [3.8, 4) is 17.6 Å². The molecule has 2 atom stereocenters. The zero-order valence-electron chi connectivity index (χ0n) is 13.1. The van der Waals surface area contributed by atoms with Crippen LogP contribution in [0.3, 0.4) is 0 Å². The van der Waals surface area contributed by atoms with Crippen molar-refractivity contribution in [3.05, 3.63) is 23.8 Å². The molecule has 0 aliphatic heterocycles. The molecule has 1 aromatic rings. The van der Waals surface area contributed by atoms with Gasteiger partial charge in [0.2, 0.25) is 0 Å². The lowest BCUT2D eigenvalue weighted by Crippen LogP contribution is -2.17. The molecular weight excluding hydrogens is 270 g/mol. The first-order valence-electron chi connectivity index (χ1n) is 7.16. The van der Waals surface area contributed by atoms with Crippen LogP contribution in [0, 0.1) is 11.3 Å². The summed E-state index contributed by atoms with van der Waals surface area (Å²) in [6, 6.07) is 7.52. The maximum absolute atomic E-state index is 8.85. The zero-order valence-corrected chi connectivity index (χ0v) is 13.1. The van der Waals surface area contributed by atoms with Crippen molar-refractivity contribution in [2.24, 2.45) is 0 Å². The van der Waals surface area contributed by atoms with Gasteiger partial charge in [-0.05, 0) is 45.4 Å². The van der Waals surface area contributed by atoms with Gasteiger partial charge >= 0.3 is 0 Å². The molecule has 0 N–H and O–H groups in total. The van der Waals surface area contributed by atoms with Crippen LogP contribution in [0.25, 0.3) is 0 Å². The second kappa shape index (κ2) is 9.22. The van der Waals surface area contributed by atoms with E-state index in [1.165, 1.54) is 0 Å². The molecule has 1 rings (SSSR count). The van der Waals surface area contributed by atoms with E-state index in [9.17, 15) is 0 Å². The summed E-state index contributed by atoms with van der Waals surface area (Å²) in [7, 11) is 0. The molecule has 0 saturated carbocycles. The van der Waals surface area contributed by atoms with Gasteiger partial charge in [0.25, 0.3) is 0 Å². The molecule has 21 heavy (non-hydrogen) atoms. The minimum absolute atomic E-state index is 0.291. The maximum atomic E-state index is 8.85. The standard InChI is InChI=1S/C16H23NO4/c1-5-18-12(3)20-15-9-14(7-8-17)10-16(11-15)21-13(4)19-6-2/h9-13H,5-7H2,1-4H3. The Morgan fingerprint density at radius 2 is 1.43 bits per heavy atom. The Balaban J connectivity index is 2.86. The first-order chi connectivity index (χ1) is 10.1. The minimum atomic E-state index is -0.357. The van der Waals surface area contributed by atoms with Gasteiger partial charge in [-0.1, -0.05) is 0 Å². The number of hydrogen-bond acceptors (Lipinski definition) is 5. The largest absolute Gasteiger partial charge is 0.465 e. The van der Waals surface area contributed by atoms with Gasteiger partial charge in [-0.2, -0.15) is 5.26 Å². The third kappa shape index (κ3) is 6.48. The van der Waals surface area contributed by atoms with Crippen molar-refractivity contribution in [2.75, 3.05) is 13.2 Å². The van der Waals surface area contributed by atoms with Crippen LogP contribution in [-0.2, 0) is 15.9 Å². The van der Waals surface area contributed by atoms with Crippen LogP contribution in [0.4, 0.5) is 0 Å². The number of nitriles is 1. The third-order valence-corrected chi connectivity index (χ3v) is 2.63. The summed E-state index contributed by atoms with van der Waals surface area (Å²) in [5.74, 6) is 1.23. The fourth-order valence-electron chi connectivity index (χ4n) is 1.88. The molecule has 5 heteroatoms. The van der Waals surface area contributed by atoms with E-state index >= 15 is 0 Å². The van der Waals surface area contributed by atoms with E-state index in [0.717, 1.165) is 5.56 Å². The highest BCUT2D eigenvalue weighted by molar-refractivity contribution is 5.39. The average Bonchev–Trinajstić information content (AvgIpc) is 2.39. The fraction of sp³-hybridized carbons (Fsp3) is 0.562. The summed E-state index contributed by atoms with van der Waals surface area (Å²) in [6.07, 6.45) is -0.423. The minimum Gasteiger partial charge on any atom is -0.465 e. The molecule has 0 radical (unpaired) electrons. The van der Waals surface area contributed by atoms with Gasteiger partial charge in [0, 0.05) is 19.3 Å². The first kappa shape index (κ1) is 17.3. The maximum Gasteiger partial charge on any atom is 0.196 e. The average molecular weight is 293 g/mol. The Hall–Kier alpha value is -1.77. The van der Waals surface area contributed by atoms with Gasteiger partial charge < -0.3 is 18.9 Å². The van der Waals surface area contributed by atoms with E-state index in [-0.39, 0.29) is 12.6 Å². The van der Waals surface area contributed by atoms with E-state index in [4.69, 9.17) is 24.2 Å². The van der Waals surface area contributed by atoms with E-state index < -0.39 is 0 Å². The van der Waals surface area contributed by atoms with Crippen LogP contribution >= 0.6 is 0 Å². The Kier molecular flexibility index (Phi) is 7.59. The molecule has 1 aromatic carbocycles. The molecule has 0 spiro atoms. The topological polar surface area (TPSA) is 60.7 Å². The Labute approximate surface area is 126 Å². The smallest absolute Gasteiger partial charge is 0.196 e. The van der Waals surface area contributed by atoms with Gasteiger partial charge in [0.05, 0.1) is 12.5 Å². The summed E-state index contributed by atoms with van der Waals surface area (Å²) < 4.78 is 22.0. The van der Waals surface area contributed by atoms with E-state index in [1.807, 2.05) is 39.8 Å². The molecule has 0 fully saturated rings. The Morgan fingerprint density at radius 1 is 0.952 bits per heavy atom. The Morgan fingerprint density at radius 3 is 1.81 bits per heavy atom. The van der Waals surface area contributed by atoms with Crippen molar-refractivity contribution in [3.63, 3.8) is 0 Å². The predicted molar refractivity (Wildman–Crippen MR) is 79.2 cm³/mol. The summed E-state index contributed by atoms with van der Waals surface area (Å²) in [5.41, 5.74) is 0.831. The summed E-state index contributed by atoms with van der Waals surface area (Å²) in [6.45, 7) is 8.61. The molecule has 2 unspecified atom stereocenters. The number of rotatable bonds is 9. The van der Waals surface area contributed by atoms with Crippen molar-refractivity contribution in [2.45, 2.75) is 46.7 Å². The lowest BCUT2D eigenvalue weighted by atomic mass is 10.1. The number of benzene rings is 1. The highest BCUT2D eigenvalue weighted by atomic mass is 16.7. The van der Waals surface area contributed by atoms with E-state index in [1.54, 1.807) is 6.07 Å². The lowest BCUT2D eigenvalue weighted by molar-refractivity contribution is -0.0650. The molecule has 0 aliphatic rings. The van der Waals surface area contributed by atoms with Gasteiger partial charge in [-0.25, -0.2) is 0 Å². The lowest BCUT2D eigenvalue weighted by Gasteiger charge is -2.18. The molecule has 0 amide bonds. The molecule has 0 heterocycles. The molecule has 0 aliphatic carbocycles. The van der Waals surface area contributed by atoms with Gasteiger partial charge in [0.1, 0.15) is 11.5 Å². The van der Waals surface area contributed by atoms with Crippen LogP contribution in [0.5, 0.6) is 11.5 Å². The second-order valence-corrected chi connectivity index (χ2v) is 4.43. The quantitative estimate of drug-likeness (QED) is 0.654. The van der Waals surface area contributed by atoms with Crippen molar-refractivity contribution in [1.82, 2.24) is 0 Å². The molecule has 0 saturated heterocycles. The zero-order chi connectivity index (χ0) is 15.7. The van der Waals surface area contributed by atoms with Crippen LogP contribution in [0.15, 0.2) is 18.2 Å². The third-order valence-electron chi connectivity index (χ3n) is 2.63. The monoisotopic (exact) mass is 293 g/mol. The van der Waals surface area contributed by atoms with Gasteiger partial charge in [-0.15, -0.1) is 0 Å². The summed E-state index contributed by atoms with van der Waals surface area (Å²) in [5, 5.41) is 8.85. The van der Waals surface area contributed by atoms with Crippen LogP contribution in [0.1, 0.15) is 33.3 Å². The van der Waals surface area contributed by atoms with Crippen molar-refractivity contribution >= 4 is 0 Å². The molecule has 116 valence electrons.